The summed E-state index contributed by atoms with van der Waals surface area (Å²) in [6.07, 6.45) is 1.16. The van der Waals surface area contributed by atoms with Crippen molar-refractivity contribution in [3.05, 3.63) is 29.6 Å². The molecule has 1 aliphatic heterocycles. The van der Waals surface area contributed by atoms with Gasteiger partial charge in [0, 0.05) is 32.1 Å². The van der Waals surface area contributed by atoms with Crippen LogP contribution >= 0.6 is 0 Å². The summed E-state index contributed by atoms with van der Waals surface area (Å²) in [4.78, 5) is 17.8. The van der Waals surface area contributed by atoms with Gasteiger partial charge in [-0.3, -0.25) is 9.78 Å². The van der Waals surface area contributed by atoms with Crippen LogP contribution in [0, 0.1) is 0 Å². The summed E-state index contributed by atoms with van der Waals surface area (Å²) >= 11 is 0. The molecule has 0 saturated carbocycles. The van der Waals surface area contributed by atoms with Gasteiger partial charge < -0.3 is 4.90 Å². The average molecular weight is 282 g/mol. The van der Waals surface area contributed by atoms with Gasteiger partial charge in [-0.15, -0.1) is 0 Å². The Morgan fingerprint density at radius 3 is 2.30 bits per heavy atom. The summed E-state index contributed by atoms with van der Waals surface area (Å²) in [6.45, 7) is 6.39. The molecule has 1 aromatic heterocycles. The summed E-state index contributed by atoms with van der Waals surface area (Å²) in [6, 6.07) is 3.55. The Balaban J connectivity index is 2.07. The number of pyridine rings is 1. The quantitative estimate of drug-likeness (QED) is 0.792. The second-order valence-electron chi connectivity index (χ2n) is 6.33. The minimum Gasteiger partial charge on any atom is -0.337 e. The molecule has 0 aromatic carbocycles. The van der Waals surface area contributed by atoms with E-state index in [0.29, 0.717) is 5.69 Å². The van der Waals surface area contributed by atoms with Gasteiger partial charge in [0.1, 0.15) is 5.69 Å². The number of carbonyl (C=O) groups excluding carboxylic acids is 1. The number of nitrogens with zero attached hydrogens (tertiary/aromatic N) is 2. The molecule has 0 atom stereocenters. The van der Waals surface area contributed by atoms with Crippen molar-refractivity contribution in [2.45, 2.75) is 45.0 Å². The Morgan fingerprint density at radius 1 is 1.25 bits per heavy atom. The van der Waals surface area contributed by atoms with Crippen molar-refractivity contribution < 1.29 is 13.6 Å². The van der Waals surface area contributed by atoms with Gasteiger partial charge in [-0.2, -0.15) is 0 Å². The van der Waals surface area contributed by atoms with E-state index in [1.165, 1.54) is 4.90 Å². The number of hydrogen-bond acceptors (Lipinski definition) is 2. The number of amides is 1. The van der Waals surface area contributed by atoms with Crippen LogP contribution in [0.25, 0.3) is 0 Å². The molecule has 0 N–H and O–H groups in total. The van der Waals surface area contributed by atoms with Crippen LogP contribution in [0.2, 0.25) is 0 Å². The first-order chi connectivity index (χ1) is 9.19. The van der Waals surface area contributed by atoms with Gasteiger partial charge >= 0.3 is 0 Å². The van der Waals surface area contributed by atoms with Crippen molar-refractivity contribution >= 4 is 5.91 Å². The van der Waals surface area contributed by atoms with E-state index in [9.17, 15) is 13.6 Å². The lowest BCUT2D eigenvalue weighted by Crippen LogP contribution is -2.43. The number of halogens is 2. The molecule has 0 unspecified atom stereocenters. The molecule has 1 fully saturated rings. The van der Waals surface area contributed by atoms with Gasteiger partial charge in [-0.25, -0.2) is 8.78 Å². The highest BCUT2D eigenvalue weighted by molar-refractivity contribution is 5.92. The zero-order valence-electron chi connectivity index (χ0n) is 12.1. The fourth-order valence-corrected chi connectivity index (χ4v) is 2.16. The number of rotatable bonds is 1. The maximum absolute atomic E-state index is 13.1. The Hall–Kier alpha value is -1.52. The van der Waals surface area contributed by atoms with Crippen LogP contribution < -0.4 is 0 Å². The molecule has 110 valence electrons. The second-order valence-corrected chi connectivity index (χ2v) is 6.33. The van der Waals surface area contributed by atoms with Crippen LogP contribution in [0.3, 0.4) is 0 Å². The standard InChI is InChI=1S/C15H20F2N2O/c1-14(2,3)11-4-5-12(18-10-11)13(20)19-8-6-15(16,17)7-9-19/h4-5,10H,6-9H2,1-3H3. The van der Waals surface area contributed by atoms with Crippen molar-refractivity contribution in [3.8, 4) is 0 Å². The normalized spacial score (nSPS) is 18.9. The number of likely N-dealkylation sites (tertiary alicyclic amines) is 1. The highest BCUT2D eigenvalue weighted by Gasteiger charge is 2.36. The van der Waals surface area contributed by atoms with Gasteiger partial charge in [0.25, 0.3) is 11.8 Å². The van der Waals surface area contributed by atoms with Crippen molar-refractivity contribution in [1.82, 2.24) is 9.88 Å². The summed E-state index contributed by atoms with van der Waals surface area (Å²) in [5.74, 6) is -2.90. The van der Waals surface area contributed by atoms with E-state index in [-0.39, 0.29) is 37.3 Å². The number of alkyl halides is 2. The predicted molar refractivity (Wildman–Crippen MR) is 73.0 cm³/mol. The molecule has 1 aromatic rings. The SMILES string of the molecule is CC(C)(C)c1ccc(C(=O)N2CCC(F)(F)CC2)nc1. The molecule has 1 saturated heterocycles. The third kappa shape index (κ3) is 3.32. The lowest BCUT2D eigenvalue weighted by Gasteiger charge is -2.31. The van der Waals surface area contributed by atoms with Crippen LogP contribution in [0.15, 0.2) is 18.3 Å². The molecule has 0 aliphatic carbocycles. The van der Waals surface area contributed by atoms with Crippen molar-refractivity contribution in [2.24, 2.45) is 0 Å². The first-order valence-corrected chi connectivity index (χ1v) is 6.83. The molecule has 0 bridgehead atoms. The molecule has 3 nitrogen and oxygen atoms in total. The average Bonchev–Trinajstić information content (AvgIpc) is 2.37. The van der Waals surface area contributed by atoms with E-state index in [1.807, 2.05) is 6.07 Å². The van der Waals surface area contributed by atoms with Gasteiger partial charge in [0.05, 0.1) is 0 Å². The zero-order valence-corrected chi connectivity index (χ0v) is 12.1. The zero-order chi connectivity index (χ0) is 15.0. The highest BCUT2D eigenvalue weighted by atomic mass is 19.3. The third-order valence-corrected chi connectivity index (χ3v) is 3.63. The van der Waals surface area contributed by atoms with E-state index in [0.717, 1.165) is 5.56 Å². The van der Waals surface area contributed by atoms with E-state index in [2.05, 4.69) is 25.8 Å². The van der Waals surface area contributed by atoms with Crippen LogP contribution in [0.5, 0.6) is 0 Å². The van der Waals surface area contributed by atoms with E-state index < -0.39 is 5.92 Å². The minimum atomic E-state index is -2.64. The first kappa shape index (κ1) is 14.9. The molecule has 20 heavy (non-hydrogen) atoms. The molecule has 2 rings (SSSR count). The number of aromatic nitrogens is 1. The topological polar surface area (TPSA) is 33.2 Å². The van der Waals surface area contributed by atoms with E-state index in [4.69, 9.17) is 0 Å². The summed E-state index contributed by atoms with van der Waals surface area (Å²) in [5.41, 5.74) is 1.34. The fraction of sp³-hybridized carbons (Fsp3) is 0.600. The van der Waals surface area contributed by atoms with Crippen molar-refractivity contribution in [1.29, 1.82) is 0 Å². The largest absolute Gasteiger partial charge is 0.337 e. The minimum absolute atomic E-state index is 0.0260. The van der Waals surface area contributed by atoms with Crippen LogP contribution in [-0.4, -0.2) is 34.8 Å². The van der Waals surface area contributed by atoms with Gasteiger partial charge in [-0.05, 0) is 17.0 Å². The number of hydrogen-bond donors (Lipinski definition) is 0. The molecule has 0 radical (unpaired) electrons. The van der Waals surface area contributed by atoms with Gasteiger partial charge in [0.15, 0.2) is 0 Å². The molecule has 1 amide bonds. The Morgan fingerprint density at radius 2 is 1.85 bits per heavy atom. The number of piperidine rings is 1. The third-order valence-electron chi connectivity index (χ3n) is 3.63. The lowest BCUT2D eigenvalue weighted by atomic mass is 9.88. The molecular weight excluding hydrogens is 262 g/mol. The van der Waals surface area contributed by atoms with Gasteiger partial charge in [0.2, 0.25) is 0 Å². The highest BCUT2D eigenvalue weighted by Crippen LogP contribution is 2.28. The summed E-state index contributed by atoms with van der Waals surface area (Å²) < 4.78 is 26.1. The summed E-state index contributed by atoms with van der Waals surface area (Å²) in [7, 11) is 0. The second kappa shape index (κ2) is 5.11. The van der Waals surface area contributed by atoms with E-state index >= 15 is 0 Å². The molecule has 0 spiro atoms. The van der Waals surface area contributed by atoms with Gasteiger partial charge in [-0.1, -0.05) is 26.8 Å². The first-order valence-electron chi connectivity index (χ1n) is 6.83. The molecule has 1 aliphatic rings. The fourth-order valence-electron chi connectivity index (χ4n) is 2.16. The lowest BCUT2D eigenvalue weighted by molar-refractivity contribution is -0.0495. The maximum Gasteiger partial charge on any atom is 0.272 e. The summed E-state index contributed by atoms with van der Waals surface area (Å²) in [5, 5.41) is 0. The smallest absolute Gasteiger partial charge is 0.272 e. The Kier molecular flexibility index (Phi) is 3.80. The van der Waals surface area contributed by atoms with E-state index in [1.54, 1.807) is 12.3 Å². The predicted octanol–water partition coefficient (Wildman–Crippen LogP) is 3.25. The van der Waals surface area contributed by atoms with Crippen molar-refractivity contribution in [2.75, 3.05) is 13.1 Å². The molecular formula is C15H20F2N2O. The Bertz CT molecular complexity index is 482. The molecule has 5 heteroatoms. The molecule has 2 heterocycles. The van der Waals surface area contributed by atoms with Crippen LogP contribution in [0.4, 0.5) is 8.78 Å². The monoisotopic (exact) mass is 282 g/mol. The van der Waals surface area contributed by atoms with Crippen molar-refractivity contribution in [3.63, 3.8) is 0 Å². The van der Waals surface area contributed by atoms with Crippen LogP contribution in [-0.2, 0) is 5.41 Å². The number of carbonyl (C=O) groups is 1. The Labute approximate surface area is 118 Å². The van der Waals surface area contributed by atoms with Crippen LogP contribution in [0.1, 0.15) is 49.7 Å². The maximum atomic E-state index is 13.1.